The summed E-state index contributed by atoms with van der Waals surface area (Å²) in [5, 5.41) is 24.5. The summed E-state index contributed by atoms with van der Waals surface area (Å²) in [6, 6.07) is 20.4. The molecule has 1 aromatic heterocycles. The Kier molecular flexibility index (Phi) is 11.6. The number of rotatable bonds is 12. The molecule has 4 N–H and O–H groups in total. The standard InChI is InChI=1S/C36H35F3N4O5S/c37-36(38,39)27-6-2-3-23(18-27)21-41-34(47)26-9-13-40-32(19-26)30-20-28(43-14-10-29(44)11-15-43)7-8-31(30)42-35(48)25-5-1-4-24(17-25)22-49-16-12-33(45)46/h1-9,13,17-20,29,44H,10-12,14-16,21-22H2,(H,41,47)(H,42,48)(H,45,46). The highest BCUT2D eigenvalue weighted by Crippen LogP contribution is 2.34. The smallest absolute Gasteiger partial charge is 0.416 e. The maximum atomic E-state index is 13.5. The molecule has 49 heavy (non-hydrogen) atoms. The fourth-order valence-electron chi connectivity index (χ4n) is 5.38. The van der Waals surface area contributed by atoms with Crippen LogP contribution in [0.15, 0.2) is 85.1 Å². The molecule has 0 saturated carbocycles. The zero-order chi connectivity index (χ0) is 35.0. The number of thioether (sulfide) groups is 1. The van der Waals surface area contributed by atoms with Crippen molar-refractivity contribution >= 4 is 40.9 Å². The molecule has 1 aliphatic rings. The van der Waals surface area contributed by atoms with Crippen LogP contribution in [-0.4, -0.2) is 57.9 Å². The van der Waals surface area contributed by atoms with Crippen molar-refractivity contribution in [3.63, 3.8) is 0 Å². The van der Waals surface area contributed by atoms with Crippen LogP contribution in [0.3, 0.4) is 0 Å². The Morgan fingerprint density at radius 2 is 1.63 bits per heavy atom. The molecular weight excluding hydrogens is 657 g/mol. The SMILES string of the molecule is O=C(O)CCSCc1cccc(C(=O)Nc2ccc(N3CCC(O)CC3)cc2-c2cc(C(=O)NCc3cccc(C(F)(F)F)c3)ccn2)c1. The second-order valence-corrected chi connectivity index (χ2v) is 12.7. The second kappa shape index (κ2) is 16.0. The van der Waals surface area contributed by atoms with E-state index in [1.54, 1.807) is 30.3 Å². The quantitative estimate of drug-likeness (QED) is 0.122. The van der Waals surface area contributed by atoms with Crippen LogP contribution in [0.25, 0.3) is 11.3 Å². The van der Waals surface area contributed by atoms with Gasteiger partial charge in [-0.15, -0.1) is 0 Å². The van der Waals surface area contributed by atoms with Crippen LogP contribution >= 0.6 is 11.8 Å². The highest BCUT2D eigenvalue weighted by atomic mass is 32.2. The molecule has 2 amide bonds. The first kappa shape index (κ1) is 35.4. The van der Waals surface area contributed by atoms with E-state index in [0.717, 1.165) is 23.4 Å². The van der Waals surface area contributed by atoms with E-state index in [1.165, 1.54) is 36.2 Å². The van der Waals surface area contributed by atoms with E-state index in [9.17, 15) is 32.7 Å². The molecule has 1 saturated heterocycles. The van der Waals surface area contributed by atoms with Crippen LogP contribution in [0.5, 0.6) is 0 Å². The number of anilines is 2. The lowest BCUT2D eigenvalue weighted by Crippen LogP contribution is -2.35. The number of hydrogen-bond donors (Lipinski definition) is 4. The Balaban J connectivity index is 1.38. The van der Waals surface area contributed by atoms with E-state index in [4.69, 9.17) is 5.11 Å². The number of halogens is 3. The highest BCUT2D eigenvalue weighted by molar-refractivity contribution is 7.98. The minimum atomic E-state index is -4.50. The Labute approximate surface area is 285 Å². The molecule has 0 atom stereocenters. The number of aliphatic hydroxyl groups is 1. The minimum Gasteiger partial charge on any atom is -0.481 e. The maximum Gasteiger partial charge on any atom is 0.416 e. The molecule has 1 fully saturated rings. The van der Waals surface area contributed by atoms with E-state index < -0.39 is 23.6 Å². The minimum absolute atomic E-state index is 0.0499. The number of nitrogens with zero attached hydrogens (tertiary/aromatic N) is 2. The third kappa shape index (κ3) is 9.83. The Bertz CT molecular complexity index is 1810. The average Bonchev–Trinajstić information content (AvgIpc) is 3.09. The first-order chi connectivity index (χ1) is 23.5. The predicted octanol–water partition coefficient (Wildman–Crippen LogP) is 6.62. The monoisotopic (exact) mass is 692 g/mol. The zero-order valence-electron chi connectivity index (χ0n) is 26.4. The summed E-state index contributed by atoms with van der Waals surface area (Å²) in [4.78, 5) is 44.1. The molecule has 5 rings (SSSR count). The maximum absolute atomic E-state index is 13.5. The number of nitrogens with one attached hydrogen (secondary N) is 2. The fraction of sp³-hybridized carbons (Fsp3) is 0.278. The lowest BCUT2D eigenvalue weighted by atomic mass is 10.0. The Hall–Kier alpha value is -4.88. The van der Waals surface area contributed by atoms with Crippen LogP contribution in [0.1, 0.15) is 56.7 Å². The van der Waals surface area contributed by atoms with Gasteiger partial charge in [0.05, 0.1) is 29.5 Å². The number of amides is 2. The number of piperidine rings is 1. The number of carbonyl (C=O) groups is 3. The number of carbonyl (C=O) groups excluding carboxylic acids is 2. The van der Waals surface area contributed by atoms with Gasteiger partial charge < -0.3 is 25.7 Å². The van der Waals surface area contributed by atoms with E-state index in [2.05, 4.69) is 20.5 Å². The first-order valence-corrected chi connectivity index (χ1v) is 16.8. The van der Waals surface area contributed by atoms with Crippen molar-refractivity contribution in [1.29, 1.82) is 0 Å². The second-order valence-electron chi connectivity index (χ2n) is 11.6. The number of carboxylic acids is 1. The van der Waals surface area contributed by atoms with Crippen LogP contribution < -0.4 is 15.5 Å². The summed E-state index contributed by atoms with van der Waals surface area (Å²) in [5.74, 6) is -0.748. The zero-order valence-corrected chi connectivity index (χ0v) is 27.2. The molecule has 3 aromatic carbocycles. The summed E-state index contributed by atoms with van der Waals surface area (Å²) < 4.78 is 39.5. The van der Waals surface area contributed by atoms with E-state index >= 15 is 0 Å². The van der Waals surface area contributed by atoms with E-state index in [-0.39, 0.29) is 30.5 Å². The van der Waals surface area contributed by atoms with Gasteiger partial charge in [0.2, 0.25) is 0 Å². The van der Waals surface area contributed by atoms with Gasteiger partial charge in [-0.25, -0.2) is 0 Å². The normalized spacial score (nSPS) is 13.6. The van der Waals surface area contributed by atoms with Crippen molar-refractivity contribution in [2.24, 2.45) is 0 Å². The summed E-state index contributed by atoms with van der Waals surface area (Å²) in [6.45, 7) is 1.15. The van der Waals surface area contributed by atoms with Gasteiger partial charge >= 0.3 is 12.1 Å². The molecule has 2 heterocycles. The van der Waals surface area contributed by atoms with Crippen LogP contribution in [0.4, 0.5) is 24.5 Å². The van der Waals surface area contributed by atoms with Gasteiger partial charge in [-0.3, -0.25) is 19.4 Å². The van der Waals surface area contributed by atoms with Crippen LogP contribution in [-0.2, 0) is 23.3 Å². The lowest BCUT2D eigenvalue weighted by molar-refractivity contribution is -0.138. The van der Waals surface area contributed by atoms with Crippen LogP contribution in [0.2, 0.25) is 0 Å². The highest BCUT2D eigenvalue weighted by Gasteiger charge is 2.30. The summed E-state index contributed by atoms with van der Waals surface area (Å²) >= 11 is 1.46. The van der Waals surface area contributed by atoms with Crippen molar-refractivity contribution < 1.29 is 37.8 Å². The topological polar surface area (TPSA) is 132 Å². The summed E-state index contributed by atoms with van der Waals surface area (Å²) in [6.07, 6.45) is -2.14. The van der Waals surface area contributed by atoms with Gasteiger partial charge in [0.25, 0.3) is 11.8 Å². The van der Waals surface area contributed by atoms with Crippen LogP contribution in [0, 0.1) is 0 Å². The van der Waals surface area contributed by atoms with Gasteiger partial charge in [-0.05, 0) is 78.6 Å². The molecular formula is C36H35F3N4O5S. The molecule has 0 bridgehead atoms. The molecule has 13 heteroatoms. The van der Waals surface area contributed by atoms with E-state index in [1.807, 2.05) is 18.2 Å². The molecule has 256 valence electrons. The largest absolute Gasteiger partial charge is 0.481 e. The summed E-state index contributed by atoms with van der Waals surface area (Å²) in [7, 11) is 0. The molecule has 0 unspecified atom stereocenters. The fourth-order valence-corrected chi connectivity index (χ4v) is 6.26. The number of alkyl halides is 3. The van der Waals surface area contributed by atoms with Crippen molar-refractivity contribution in [3.05, 3.63) is 113 Å². The first-order valence-electron chi connectivity index (χ1n) is 15.6. The Morgan fingerprint density at radius 3 is 2.39 bits per heavy atom. The predicted molar refractivity (Wildman–Crippen MR) is 183 cm³/mol. The molecule has 0 spiro atoms. The average molecular weight is 693 g/mol. The Morgan fingerprint density at radius 1 is 0.898 bits per heavy atom. The summed E-state index contributed by atoms with van der Waals surface area (Å²) in [5.41, 5.74) is 3.24. The van der Waals surface area contributed by atoms with Crippen molar-refractivity contribution in [2.45, 2.75) is 43.8 Å². The number of benzene rings is 3. The molecule has 1 aliphatic heterocycles. The molecule has 4 aromatic rings. The van der Waals surface area contributed by atoms with Gasteiger partial charge in [-0.1, -0.05) is 24.3 Å². The third-order valence-corrected chi connectivity index (χ3v) is 9.03. The number of aliphatic hydroxyl groups excluding tert-OH is 1. The van der Waals surface area contributed by atoms with E-state index in [0.29, 0.717) is 65.5 Å². The van der Waals surface area contributed by atoms with Gasteiger partial charge in [-0.2, -0.15) is 24.9 Å². The van der Waals surface area contributed by atoms with Crippen molar-refractivity contribution in [3.8, 4) is 11.3 Å². The molecule has 0 radical (unpaired) electrons. The number of aliphatic carboxylic acids is 1. The lowest BCUT2D eigenvalue weighted by Gasteiger charge is -2.32. The van der Waals surface area contributed by atoms with Crippen molar-refractivity contribution in [2.75, 3.05) is 29.1 Å². The van der Waals surface area contributed by atoms with Gasteiger partial charge in [0.15, 0.2) is 0 Å². The number of aromatic nitrogens is 1. The van der Waals surface area contributed by atoms with Gasteiger partial charge in [0.1, 0.15) is 0 Å². The number of carboxylic acid groups (broad SMARTS) is 1. The molecule has 9 nitrogen and oxygen atoms in total. The molecule has 0 aliphatic carbocycles. The third-order valence-electron chi connectivity index (χ3n) is 8.00. The van der Waals surface area contributed by atoms with Gasteiger partial charge in [0, 0.05) is 59.7 Å². The number of hydrogen-bond acceptors (Lipinski definition) is 7. The number of pyridine rings is 1. The van der Waals surface area contributed by atoms with Crippen molar-refractivity contribution in [1.82, 2.24) is 10.3 Å².